The van der Waals surface area contributed by atoms with Crippen LogP contribution >= 0.6 is 0 Å². The molecule has 118 valence electrons. The summed E-state index contributed by atoms with van der Waals surface area (Å²) >= 11 is 0. The van der Waals surface area contributed by atoms with Gasteiger partial charge in [-0.25, -0.2) is 0 Å². The SMILES string of the molecule is CN(C)C(CCCC[15NH][13CH]=O)C(=O)N[13CH2]CC(=O)O.[13CH4]. The number of carboxylic acids is 1. The van der Waals surface area contributed by atoms with Gasteiger partial charge in [-0.3, -0.25) is 19.3 Å². The zero-order valence-electron chi connectivity index (χ0n) is 11.5. The molecule has 0 saturated heterocycles. The topological polar surface area (TPSA) is 98.7 Å². The Kier molecular flexibility index (Phi) is 12.8. The number of hydrogen-bond acceptors (Lipinski definition) is 4. The van der Waals surface area contributed by atoms with Gasteiger partial charge >= 0.3 is 5.97 Å². The molecule has 1 unspecified atom stereocenters. The Hall–Kier alpha value is -1.63. The normalized spacial score (nSPS) is 11.3. The van der Waals surface area contributed by atoms with E-state index in [0.717, 1.165) is 12.8 Å². The van der Waals surface area contributed by atoms with Gasteiger partial charge in [0, 0.05) is 13.1 Å². The van der Waals surface area contributed by atoms with E-state index in [9.17, 15) is 14.4 Å². The second-order valence-electron chi connectivity index (χ2n) is 4.48. The Bertz CT molecular complexity index is 295. The molecule has 0 fully saturated rings. The van der Waals surface area contributed by atoms with Crippen LogP contribution in [0.4, 0.5) is 0 Å². The molecule has 7 nitrogen and oxygen atoms in total. The number of unbranched alkanes of at least 4 members (excludes halogenated alkanes) is 1. The Morgan fingerprint density at radius 3 is 2.40 bits per heavy atom. The molecule has 7 heteroatoms. The average Bonchev–Trinajstić information content (AvgIpc) is 2.32. The van der Waals surface area contributed by atoms with Crippen LogP contribution in [0.25, 0.3) is 0 Å². The quantitative estimate of drug-likeness (QED) is 0.216. The van der Waals surface area contributed by atoms with Crippen LogP contribution in [0.1, 0.15) is 33.1 Å². The second kappa shape index (κ2) is 12.4. The number of likely N-dealkylation sites (N-methyl/N-ethyl adjacent to an activating group) is 1. The maximum atomic E-state index is 11.9. The summed E-state index contributed by atoms with van der Waals surface area (Å²) in [5.74, 6) is -1.09. The fourth-order valence-corrected chi connectivity index (χ4v) is 1.66. The molecule has 0 heterocycles. The van der Waals surface area contributed by atoms with Gasteiger partial charge in [0.15, 0.2) is 0 Å². The minimum atomic E-state index is -0.929. The lowest BCUT2D eigenvalue weighted by Crippen LogP contribution is -2.44. The van der Waals surface area contributed by atoms with Gasteiger partial charge in [0.25, 0.3) is 0 Å². The molecule has 0 spiro atoms. The van der Waals surface area contributed by atoms with Gasteiger partial charge in [0.2, 0.25) is 12.3 Å². The molecule has 0 radical (unpaired) electrons. The summed E-state index contributed by atoms with van der Waals surface area (Å²) in [6.45, 7) is 0.746. The van der Waals surface area contributed by atoms with Crippen molar-refractivity contribution in [3.63, 3.8) is 0 Å². The molecule has 3 N–H and O–H groups in total. The van der Waals surface area contributed by atoms with Gasteiger partial charge in [0.1, 0.15) is 0 Å². The zero-order valence-corrected chi connectivity index (χ0v) is 11.5. The van der Waals surface area contributed by atoms with E-state index in [1.807, 2.05) is 19.0 Å². The number of aliphatic carboxylic acids is 1. The maximum Gasteiger partial charge on any atom is 0.305 e. The largest absolute Gasteiger partial charge is 0.481 e. The van der Waals surface area contributed by atoms with Crippen molar-refractivity contribution in [1.82, 2.24) is 15.5 Å². The average molecular weight is 293 g/mol. The minimum absolute atomic E-state index is 0. The van der Waals surface area contributed by atoms with Crippen molar-refractivity contribution < 1.29 is 19.5 Å². The molecule has 0 aliphatic rings. The van der Waals surface area contributed by atoms with E-state index in [1.54, 1.807) is 0 Å². The lowest BCUT2D eigenvalue weighted by molar-refractivity contribution is -0.137. The lowest BCUT2D eigenvalue weighted by atomic mass is 10.1. The van der Waals surface area contributed by atoms with Gasteiger partial charge < -0.3 is 15.7 Å². The molecule has 0 aliphatic heterocycles. The van der Waals surface area contributed by atoms with Crippen LogP contribution in [0, 0.1) is 0 Å². The first-order chi connectivity index (χ1) is 8.99. The van der Waals surface area contributed by atoms with Crippen LogP contribution in [0.15, 0.2) is 0 Å². The van der Waals surface area contributed by atoms with Crippen molar-refractivity contribution in [2.75, 3.05) is 27.2 Å². The number of amides is 2. The molecule has 0 aliphatic carbocycles. The molecule has 2 amide bonds. The Balaban J connectivity index is 0. The highest BCUT2D eigenvalue weighted by molar-refractivity contribution is 5.82. The summed E-state index contributed by atoms with van der Waals surface area (Å²) in [6.07, 6.45) is 2.88. The van der Waals surface area contributed by atoms with Crippen LogP contribution in [0.2, 0.25) is 0 Å². The van der Waals surface area contributed by atoms with E-state index in [0.29, 0.717) is 19.4 Å². The number of rotatable bonds is 11. The van der Waals surface area contributed by atoms with E-state index in [2.05, 4.69) is 10.6 Å². The van der Waals surface area contributed by atoms with Gasteiger partial charge in [-0.2, -0.15) is 0 Å². The number of carbonyl (C=O) groups excluding carboxylic acids is 2. The molecular formula is C13H27N3O4. The van der Waals surface area contributed by atoms with Gasteiger partial charge in [0.05, 0.1) is 12.5 Å². The van der Waals surface area contributed by atoms with E-state index >= 15 is 0 Å². The van der Waals surface area contributed by atoms with Gasteiger partial charge in [-0.05, 0) is 33.4 Å². The first-order valence-corrected chi connectivity index (χ1v) is 6.32. The van der Waals surface area contributed by atoms with Crippen molar-refractivity contribution >= 4 is 18.3 Å². The molecule has 0 aromatic heterocycles. The number of carboxylic acid groups (broad SMARTS) is 1. The summed E-state index contributed by atoms with van der Waals surface area (Å²) in [4.78, 5) is 34.1. The predicted molar refractivity (Wildman–Crippen MR) is 77.4 cm³/mol. The Labute approximate surface area is 120 Å². The highest BCUT2D eigenvalue weighted by atomic mass is 16.4. The third kappa shape index (κ3) is 10.3. The van der Waals surface area contributed by atoms with Crippen LogP contribution < -0.4 is 10.6 Å². The monoisotopic (exact) mass is 293 g/mol. The Morgan fingerprint density at radius 2 is 1.90 bits per heavy atom. The fourth-order valence-electron chi connectivity index (χ4n) is 1.66. The Morgan fingerprint density at radius 1 is 1.25 bits per heavy atom. The first kappa shape index (κ1) is 20.7. The van der Waals surface area contributed by atoms with E-state index in [1.165, 1.54) is 0 Å². The highest BCUT2D eigenvalue weighted by Gasteiger charge is 2.19. The van der Waals surface area contributed by atoms with Crippen molar-refractivity contribution in [3.05, 3.63) is 0 Å². The summed E-state index contributed by atoms with van der Waals surface area (Å²) in [7, 11) is 3.62. The molecule has 1 atom stereocenters. The van der Waals surface area contributed by atoms with E-state index in [4.69, 9.17) is 5.11 Å². The number of nitrogens with one attached hydrogen (secondary N) is 2. The van der Waals surface area contributed by atoms with Crippen molar-refractivity contribution in [2.24, 2.45) is 0 Å². The molecule has 0 rings (SSSR count). The van der Waals surface area contributed by atoms with Crippen LogP contribution in [0.3, 0.4) is 0 Å². The maximum absolute atomic E-state index is 11.9. The lowest BCUT2D eigenvalue weighted by Gasteiger charge is -2.23. The van der Waals surface area contributed by atoms with Crippen molar-refractivity contribution in [3.8, 4) is 0 Å². The molecule has 0 aromatic rings. The number of nitrogens with zero attached hydrogens (tertiary/aromatic N) is 1. The molecule has 20 heavy (non-hydrogen) atoms. The van der Waals surface area contributed by atoms with Gasteiger partial charge in [-0.15, -0.1) is 0 Å². The minimum Gasteiger partial charge on any atom is -0.481 e. The van der Waals surface area contributed by atoms with E-state index < -0.39 is 5.97 Å². The van der Waals surface area contributed by atoms with Crippen LogP contribution in [-0.4, -0.2) is 61.5 Å². The van der Waals surface area contributed by atoms with Crippen molar-refractivity contribution in [2.45, 2.75) is 39.2 Å². The fraction of sp³-hybridized carbons (Fsp3) is 0.769. The molecular weight excluding hydrogens is 266 g/mol. The smallest absolute Gasteiger partial charge is 0.305 e. The van der Waals surface area contributed by atoms with E-state index in [-0.39, 0.29) is 32.3 Å². The first-order valence-electron chi connectivity index (χ1n) is 6.32. The van der Waals surface area contributed by atoms with Crippen molar-refractivity contribution in [1.29, 1.82) is 0 Å². The molecule has 0 aromatic carbocycles. The van der Waals surface area contributed by atoms with Crippen LogP contribution in [-0.2, 0) is 14.4 Å². The third-order valence-corrected chi connectivity index (χ3v) is 2.70. The highest BCUT2D eigenvalue weighted by Crippen LogP contribution is 2.06. The summed E-state index contributed by atoms with van der Waals surface area (Å²) < 4.78 is 0. The number of carbonyl (C=O) groups is 3. The zero-order chi connectivity index (χ0) is 14.7. The third-order valence-electron chi connectivity index (χ3n) is 2.70. The molecule has 0 bridgehead atoms. The predicted octanol–water partition coefficient (Wildman–Crippen LogP) is 0.0599. The van der Waals surface area contributed by atoms with Gasteiger partial charge in [-0.1, -0.05) is 7.43 Å². The second-order valence-corrected chi connectivity index (χ2v) is 4.48. The molecule has 0 saturated carbocycles. The summed E-state index contributed by atoms with van der Waals surface area (Å²) in [6, 6.07) is -0.273. The summed E-state index contributed by atoms with van der Waals surface area (Å²) in [5, 5.41) is 13.7. The van der Waals surface area contributed by atoms with Crippen LogP contribution in [0.5, 0.6) is 0 Å². The standard InChI is InChI=1S/C12H23N3O4.CH4/c1-15(2)10(5-3-4-7-13-9-16)12(19)14-8-6-11(17)18;/h9-10H,3-8H2,1-2H3,(H,13,16)(H,14,19)(H,17,18);1H4/i8+1,9+1,13+1;1+1. The number of hydrogen-bond donors (Lipinski definition) is 3. The summed E-state index contributed by atoms with van der Waals surface area (Å²) in [5.41, 5.74) is 0.